The molecule has 116 valence electrons. The highest BCUT2D eigenvalue weighted by Gasteiger charge is 2.16. The Morgan fingerprint density at radius 3 is 2.68 bits per heavy atom. The van der Waals surface area contributed by atoms with Crippen LogP contribution in [0.2, 0.25) is 0 Å². The minimum Gasteiger partial charge on any atom is -0.496 e. The zero-order valence-corrected chi connectivity index (χ0v) is 13.5. The first kappa shape index (κ1) is 16.0. The van der Waals surface area contributed by atoms with Gasteiger partial charge in [0.25, 0.3) is 0 Å². The topological polar surface area (TPSA) is 51.2 Å². The van der Waals surface area contributed by atoms with Crippen LogP contribution in [0, 0.1) is 13.8 Å². The Balaban J connectivity index is 2.09. The van der Waals surface area contributed by atoms with E-state index in [1.807, 2.05) is 51.1 Å². The molecule has 22 heavy (non-hydrogen) atoms. The van der Waals surface area contributed by atoms with E-state index in [0.29, 0.717) is 6.42 Å². The fourth-order valence-corrected chi connectivity index (χ4v) is 2.54. The molecule has 1 N–H and O–H groups in total. The lowest BCUT2D eigenvalue weighted by Gasteiger charge is -2.16. The van der Waals surface area contributed by atoms with Crippen molar-refractivity contribution < 1.29 is 9.53 Å². The number of aryl methyl sites for hydroxylation is 2. The molecule has 1 aromatic carbocycles. The van der Waals surface area contributed by atoms with E-state index < -0.39 is 0 Å². The molecule has 0 aliphatic carbocycles. The van der Waals surface area contributed by atoms with Crippen molar-refractivity contribution in [3.05, 3.63) is 53.3 Å². The van der Waals surface area contributed by atoms with Gasteiger partial charge in [0.2, 0.25) is 5.91 Å². The zero-order chi connectivity index (χ0) is 16.1. The number of nitrogens with one attached hydrogen (secondary N) is 1. The van der Waals surface area contributed by atoms with Crippen molar-refractivity contribution in [3.8, 4) is 5.75 Å². The number of anilines is 1. The predicted octanol–water partition coefficient (Wildman–Crippen LogP) is 3.84. The Hall–Kier alpha value is -2.36. The van der Waals surface area contributed by atoms with Crippen molar-refractivity contribution >= 4 is 11.6 Å². The highest BCUT2D eigenvalue weighted by Crippen LogP contribution is 2.29. The molecule has 0 aliphatic heterocycles. The van der Waals surface area contributed by atoms with E-state index in [0.717, 1.165) is 28.3 Å². The summed E-state index contributed by atoms with van der Waals surface area (Å²) >= 11 is 0. The van der Waals surface area contributed by atoms with E-state index in [2.05, 4.69) is 10.3 Å². The maximum absolute atomic E-state index is 12.3. The van der Waals surface area contributed by atoms with E-state index in [9.17, 15) is 4.79 Å². The summed E-state index contributed by atoms with van der Waals surface area (Å²) in [6.45, 7) is 5.89. The Labute approximate surface area is 131 Å². The third-order valence-corrected chi connectivity index (χ3v) is 3.77. The Morgan fingerprint density at radius 1 is 1.27 bits per heavy atom. The second kappa shape index (κ2) is 7.07. The first-order valence-electron chi connectivity index (χ1n) is 7.38. The molecule has 4 heteroatoms. The molecule has 0 radical (unpaired) electrons. The van der Waals surface area contributed by atoms with Gasteiger partial charge < -0.3 is 10.1 Å². The first-order chi connectivity index (χ1) is 10.5. The molecule has 1 amide bonds. The SMILES string of the molecule is COc1ccccc1C(C)CC(=O)Nc1c(C)ccnc1C. The van der Waals surface area contributed by atoms with Crippen molar-refractivity contribution in [2.24, 2.45) is 0 Å². The second-order valence-corrected chi connectivity index (χ2v) is 5.48. The van der Waals surface area contributed by atoms with E-state index >= 15 is 0 Å². The second-order valence-electron chi connectivity index (χ2n) is 5.48. The molecule has 1 atom stereocenters. The Morgan fingerprint density at radius 2 is 2.00 bits per heavy atom. The van der Waals surface area contributed by atoms with Gasteiger partial charge in [0.05, 0.1) is 18.5 Å². The average molecular weight is 298 g/mol. The lowest BCUT2D eigenvalue weighted by atomic mass is 9.96. The van der Waals surface area contributed by atoms with Crippen LogP contribution in [0.15, 0.2) is 36.5 Å². The van der Waals surface area contributed by atoms with Gasteiger partial charge in [-0.1, -0.05) is 25.1 Å². The number of hydrogen-bond acceptors (Lipinski definition) is 3. The Kier molecular flexibility index (Phi) is 5.15. The zero-order valence-electron chi connectivity index (χ0n) is 13.5. The summed E-state index contributed by atoms with van der Waals surface area (Å²) in [5.74, 6) is 0.877. The number of hydrogen-bond donors (Lipinski definition) is 1. The van der Waals surface area contributed by atoms with Gasteiger partial charge in [0.15, 0.2) is 0 Å². The van der Waals surface area contributed by atoms with Gasteiger partial charge >= 0.3 is 0 Å². The molecule has 0 bridgehead atoms. The van der Waals surface area contributed by atoms with Crippen LogP contribution in [0.1, 0.15) is 36.1 Å². The summed E-state index contributed by atoms with van der Waals surface area (Å²) in [7, 11) is 1.65. The average Bonchev–Trinajstić information content (AvgIpc) is 2.51. The molecule has 1 unspecified atom stereocenters. The number of rotatable bonds is 5. The fraction of sp³-hybridized carbons (Fsp3) is 0.333. The van der Waals surface area contributed by atoms with Gasteiger partial charge in [-0.2, -0.15) is 0 Å². The molecule has 2 aromatic rings. The smallest absolute Gasteiger partial charge is 0.225 e. The maximum Gasteiger partial charge on any atom is 0.225 e. The van der Waals surface area contributed by atoms with Crippen molar-refractivity contribution in [2.45, 2.75) is 33.1 Å². The summed E-state index contributed by atoms with van der Waals surface area (Å²) in [5, 5.41) is 2.97. The highest BCUT2D eigenvalue weighted by atomic mass is 16.5. The number of nitrogens with zero attached hydrogens (tertiary/aromatic N) is 1. The number of amides is 1. The van der Waals surface area contributed by atoms with Crippen LogP contribution < -0.4 is 10.1 Å². The highest BCUT2D eigenvalue weighted by molar-refractivity contribution is 5.92. The fourth-order valence-electron chi connectivity index (χ4n) is 2.54. The van der Waals surface area contributed by atoms with E-state index in [1.54, 1.807) is 13.3 Å². The third kappa shape index (κ3) is 3.64. The van der Waals surface area contributed by atoms with E-state index in [4.69, 9.17) is 4.74 Å². The van der Waals surface area contributed by atoms with Gasteiger partial charge in [-0.3, -0.25) is 9.78 Å². The summed E-state index contributed by atoms with van der Waals surface area (Å²) in [4.78, 5) is 16.5. The van der Waals surface area contributed by atoms with Gasteiger partial charge in [-0.15, -0.1) is 0 Å². The van der Waals surface area contributed by atoms with Crippen LogP contribution in [0.25, 0.3) is 0 Å². The number of methoxy groups -OCH3 is 1. The van der Waals surface area contributed by atoms with Gasteiger partial charge in [0.1, 0.15) is 5.75 Å². The van der Waals surface area contributed by atoms with Crippen molar-refractivity contribution in [2.75, 3.05) is 12.4 Å². The first-order valence-corrected chi connectivity index (χ1v) is 7.38. The molecule has 1 aromatic heterocycles. The lowest BCUT2D eigenvalue weighted by Crippen LogP contribution is -2.16. The van der Waals surface area contributed by atoms with Gasteiger partial charge in [-0.05, 0) is 43.0 Å². The van der Waals surface area contributed by atoms with Crippen LogP contribution in [0.4, 0.5) is 5.69 Å². The van der Waals surface area contributed by atoms with Crippen LogP contribution in [-0.4, -0.2) is 18.0 Å². The lowest BCUT2D eigenvalue weighted by molar-refractivity contribution is -0.116. The molecule has 0 spiro atoms. The van der Waals surface area contributed by atoms with E-state index in [-0.39, 0.29) is 11.8 Å². The van der Waals surface area contributed by atoms with Crippen molar-refractivity contribution in [3.63, 3.8) is 0 Å². The van der Waals surface area contributed by atoms with Crippen molar-refractivity contribution in [1.82, 2.24) is 4.98 Å². The number of carbonyl (C=O) groups is 1. The summed E-state index contributed by atoms with van der Waals surface area (Å²) in [6.07, 6.45) is 2.14. The van der Waals surface area contributed by atoms with Crippen molar-refractivity contribution in [1.29, 1.82) is 0 Å². The molecule has 0 saturated carbocycles. The van der Waals surface area contributed by atoms with Crippen LogP contribution in [0.3, 0.4) is 0 Å². The Bertz CT molecular complexity index is 648. The van der Waals surface area contributed by atoms with Crippen LogP contribution in [0.5, 0.6) is 5.75 Å². The number of aromatic nitrogens is 1. The summed E-state index contributed by atoms with van der Waals surface area (Å²) in [5.41, 5.74) is 3.70. The maximum atomic E-state index is 12.3. The number of ether oxygens (including phenoxy) is 1. The molecule has 0 fully saturated rings. The number of pyridine rings is 1. The van der Waals surface area contributed by atoms with E-state index in [1.165, 1.54) is 0 Å². The molecule has 2 rings (SSSR count). The predicted molar refractivity (Wildman–Crippen MR) is 88.4 cm³/mol. The molecule has 0 aliphatic rings. The number of benzene rings is 1. The molecule has 4 nitrogen and oxygen atoms in total. The molecule has 1 heterocycles. The van der Waals surface area contributed by atoms with Crippen LogP contribution in [-0.2, 0) is 4.79 Å². The van der Waals surface area contributed by atoms with Crippen LogP contribution >= 0.6 is 0 Å². The molecular formula is C18H22N2O2. The number of carbonyl (C=O) groups excluding carboxylic acids is 1. The quantitative estimate of drug-likeness (QED) is 0.912. The van der Waals surface area contributed by atoms with Gasteiger partial charge in [-0.25, -0.2) is 0 Å². The van der Waals surface area contributed by atoms with Gasteiger partial charge in [0, 0.05) is 12.6 Å². The molecule has 0 saturated heterocycles. The summed E-state index contributed by atoms with van der Waals surface area (Å²) in [6, 6.07) is 9.70. The minimum atomic E-state index is -0.0161. The number of para-hydroxylation sites is 1. The minimum absolute atomic E-state index is 0.0161. The monoisotopic (exact) mass is 298 g/mol. The molecular weight excluding hydrogens is 276 g/mol. The summed E-state index contributed by atoms with van der Waals surface area (Å²) < 4.78 is 5.36. The third-order valence-electron chi connectivity index (χ3n) is 3.77. The largest absolute Gasteiger partial charge is 0.496 e. The normalized spacial score (nSPS) is 11.8. The standard InChI is InChI=1S/C18H22N2O2/c1-12-9-10-19-14(3)18(12)20-17(21)11-13(2)15-7-5-6-8-16(15)22-4/h5-10,13H,11H2,1-4H3,(H,20,21).